The van der Waals surface area contributed by atoms with E-state index >= 15 is 0 Å². The van der Waals surface area contributed by atoms with E-state index in [0.717, 1.165) is 5.92 Å². The van der Waals surface area contributed by atoms with Crippen molar-refractivity contribution in [2.75, 3.05) is 11.9 Å². The van der Waals surface area contributed by atoms with Crippen LogP contribution in [0.2, 0.25) is 0 Å². The van der Waals surface area contributed by atoms with E-state index in [1.165, 1.54) is 18.5 Å². The van der Waals surface area contributed by atoms with Gasteiger partial charge < -0.3 is 4.90 Å². The number of nitrogens with zero attached hydrogens (tertiary/aromatic N) is 1. The van der Waals surface area contributed by atoms with Crippen molar-refractivity contribution in [1.82, 2.24) is 0 Å². The molecule has 0 aromatic heterocycles. The molecule has 2 rings (SSSR count). The molecule has 0 aliphatic heterocycles. The summed E-state index contributed by atoms with van der Waals surface area (Å²) in [6, 6.07) is 11.3. The molecular weight excluding hydrogens is 158 g/mol. The van der Waals surface area contributed by atoms with Crippen LogP contribution in [0.4, 0.5) is 5.69 Å². The highest BCUT2D eigenvalue weighted by Crippen LogP contribution is 2.36. The molecule has 1 heteroatoms. The van der Waals surface area contributed by atoms with Crippen molar-refractivity contribution in [2.45, 2.75) is 25.8 Å². The van der Waals surface area contributed by atoms with Crippen molar-refractivity contribution in [2.24, 2.45) is 5.92 Å². The van der Waals surface area contributed by atoms with Crippen LogP contribution in [0.1, 0.15) is 19.8 Å². The molecule has 1 fully saturated rings. The van der Waals surface area contributed by atoms with Gasteiger partial charge in [-0.15, -0.1) is 0 Å². The highest BCUT2D eigenvalue weighted by Gasteiger charge is 2.30. The van der Waals surface area contributed by atoms with Crippen LogP contribution >= 0.6 is 0 Å². The van der Waals surface area contributed by atoms with Gasteiger partial charge in [-0.05, 0) is 37.8 Å². The molecule has 1 unspecified atom stereocenters. The lowest BCUT2D eigenvalue weighted by molar-refractivity contribution is 0.609. The molecule has 1 aliphatic rings. The second-order valence-corrected chi connectivity index (χ2v) is 4.02. The van der Waals surface area contributed by atoms with E-state index in [-0.39, 0.29) is 0 Å². The normalized spacial score (nSPS) is 18.3. The SMILES string of the molecule is CC(C1CC1)N(C)c1ccccc1. The van der Waals surface area contributed by atoms with E-state index in [1.54, 1.807) is 0 Å². The van der Waals surface area contributed by atoms with Gasteiger partial charge in [0, 0.05) is 18.8 Å². The molecule has 0 heterocycles. The number of hydrogen-bond donors (Lipinski definition) is 0. The fraction of sp³-hybridized carbons (Fsp3) is 0.500. The number of rotatable bonds is 3. The molecule has 1 atom stereocenters. The summed E-state index contributed by atoms with van der Waals surface area (Å²) in [5, 5.41) is 0. The second-order valence-electron chi connectivity index (χ2n) is 4.02. The minimum Gasteiger partial charge on any atom is -0.372 e. The molecule has 1 saturated carbocycles. The first-order valence-corrected chi connectivity index (χ1v) is 5.07. The predicted molar refractivity (Wildman–Crippen MR) is 57.0 cm³/mol. The highest BCUT2D eigenvalue weighted by atomic mass is 15.1. The molecule has 1 aromatic carbocycles. The third-order valence-corrected chi connectivity index (χ3v) is 3.08. The maximum Gasteiger partial charge on any atom is 0.0366 e. The van der Waals surface area contributed by atoms with E-state index in [9.17, 15) is 0 Å². The first kappa shape index (κ1) is 8.61. The Morgan fingerprint density at radius 2 is 1.85 bits per heavy atom. The van der Waals surface area contributed by atoms with Gasteiger partial charge in [-0.25, -0.2) is 0 Å². The van der Waals surface area contributed by atoms with Crippen molar-refractivity contribution in [3.63, 3.8) is 0 Å². The molecule has 70 valence electrons. The molecule has 1 aliphatic carbocycles. The van der Waals surface area contributed by atoms with E-state index < -0.39 is 0 Å². The molecule has 0 spiro atoms. The first-order chi connectivity index (χ1) is 6.29. The molecule has 13 heavy (non-hydrogen) atoms. The van der Waals surface area contributed by atoms with Crippen LogP contribution in [0.25, 0.3) is 0 Å². The summed E-state index contributed by atoms with van der Waals surface area (Å²) < 4.78 is 0. The Bertz CT molecular complexity index is 264. The fourth-order valence-corrected chi connectivity index (χ4v) is 1.79. The van der Waals surface area contributed by atoms with Crippen LogP contribution < -0.4 is 4.90 Å². The van der Waals surface area contributed by atoms with Crippen LogP contribution in [0, 0.1) is 5.92 Å². The van der Waals surface area contributed by atoms with Gasteiger partial charge in [0.2, 0.25) is 0 Å². The van der Waals surface area contributed by atoms with Crippen LogP contribution in [0.3, 0.4) is 0 Å². The third kappa shape index (κ3) is 1.85. The Morgan fingerprint density at radius 3 is 2.38 bits per heavy atom. The molecule has 0 saturated heterocycles. The van der Waals surface area contributed by atoms with Gasteiger partial charge in [-0.3, -0.25) is 0 Å². The summed E-state index contributed by atoms with van der Waals surface area (Å²) in [6.45, 7) is 2.32. The number of hydrogen-bond acceptors (Lipinski definition) is 1. The lowest BCUT2D eigenvalue weighted by Gasteiger charge is -2.26. The predicted octanol–water partition coefficient (Wildman–Crippen LogP) is 2.92. The van der Waals surface area contributed by atoms with E-state index in [2.05, 4.69) is 49.2 Å². The van der Waals surface area contributed by atoms with E-state index in [1.807, 2.05) is 0 Å². The third-order valence-electron chi connectivity index (χ3n) is 3.08. The summed E-state index contributed by atoms with van der Waals surface area (Å²) in [4.78, 5) is 2.39. The Balaban J connectivity index is 2.07. The quantitative estimate of drug-likeness (QED) is 0.682. The number of benzene rings is 1. The maximum absolute atomic E-state index is 2.39. The Kier molecular flexibility index (Phi) is 2.26. The molecule has 0 bridgehead atoms. The Morgan fingerprint density at radius 1 is 1.23 bits per heavy atom. The van der Waals surface area contributed by atoms with Crippen LogP contribution in [0.5, 0.6) is 0 Å². The molecular formula is C12H17N. The summed E-state index contributed by atoms with van der Waals surface area (Å²) in [5.74, 6) is 0.935. The van der Waals surface area contributed by atoms with Gasteiger partial charge >= 0.3 is 0 Å². The average Bonchev–Trinajstić information content (AvgIpc) is 3.00. The van der Waals surface area contributed by atoms with Gasteiger partial charge in [-0.2, -0.15) is 0 Å². The van der Waals surface area contributed by atoms with Crippen molar-refractivity contribution >= 4 is 5.69 Å². The second kappa shape index (κ2) is 3.41. The van der Waals surface area contributed by atoms with Gasteiger partial charge in [0.1, 0.15) is 0 Å². The fourth-order valence-electron chi connectivity index (χ4n) is 1.79. The largest absolute Gasteiger partial charge is 0.372 e. The van der Waals surface area contributed by atoms with Crippen LogP contribution in [-0.2, 0) is 0 Å². The van der Waals surface area contributed by atoms with Crippen LogP contribution in [0.15, 0.2) is 30.3 Å². The summed E-state index contributed by atoms with van der Waals surface area (Å²) in [6.07, 6.45) is 2.83. The topological polar surface area (TPSA) is 3.24 Å². The van der Waals surface area contributed by atoms with Gasteiger partial charge in [-0.1, -0.05) is 18.2 Å². The zero-order valence-electron chi connectivity index (χ0n) is 8.40. The summed E-state index contributed by atoms with van der Waals surface area (Å²) in [5.41, 5.74) is 1.34. The zero-order valence-corrected chi connectivity index (χ0v) is 8.40. The first-order valence-electron chi connectivity index (χ1n) is 5.07. The van der Waals surface area contributed by atoms with E-state index in [0.29, 0.717) is 6.04 Å². The lowest BCUT2D eigenvalue weighted by Crippen LogP contribution is -2.30. The number of para-hydroxylation sites is 1. The maximum atomic E-state index is 2.39. The number of anilines is 1. The Hall–Kier alpha value is -0.980. The monoisotopic (exact) mass is 175 g/mol. The molecule has 0 N–H and O–H groups in total. The standard InChI is InChI=1S/C12H17N/c1-10(11-8-9-11)13(2)12-6-4-3-5-7-12/h3-7,10-11H,8-9H2,1-2H3. The summed E-state index contributed by atoms with van der Waals surface area (Å²) in [7, 11) is 2.19. The van der Waals surface area contributed by atoms with Gasteiger partial charge in [0.05, 0.1) is 0 Å². The van der Waals surface area contributed by atoms with Crippen molar-refractivity contribution in [3.8, 4) is 0 Å². The highest BCUT2D eigenvalue weighted by molar-refractivity contribution is 5.46. The molecule has 1 aromatic rings. The zero-order chi connectivity index (χ0) is 9.26. The van der Waals surface area contributed by atoms with Crippen LogP contribution in [-0.4, -0.2) is 13.1 Å². The van der Waals surface area contributed by atoms with Crippen molar-refractivity contribution < 1.29 is 0 Å². The smallest absolute Gasteiger partial charge is 0.0366 e. The summed E-state index contributed by atoms with van der Waals surface area (Å²) >= 11 is 0. The molecule has 1 nitrogen and oxygen atoms in total. The molecule has 0 radical (unpaired) electrons. The lowest BCUT2D eigenvalue weighted by atomic mass is 10.1. The van der Waals surface area contributed by atoms with Gasteiger partial charge in [0.25, 0.3) is 0 Å². The van der Waals surface area contributed by atoms with Crippen molar-refractivity contribution in [3.05, 3.63) is 30.3 Å². The minimum absolute atomic E-state index is 0.697. The van der Waals surface area contributed by atoms with Gasteiger partial charge in [0.15, 0.2) is 0 Å². The minimum atomic E-state index is 0.697. The Labute approximate surface area is 80.4 Å². The average molecular weight is 175 g/mol. The molecule has 0 amide bonds. The van der Waals surface area contributed by atoms with Crippen molar-refractivity contribution in [1.29, 1.82) is 0 Å². The van der Waals surface area contributed by atoms with E-state index in [4.69, 9.17) is 0 Å².